The lowest BCUT2D eigenvalue weighted by molar-refractivity contribution is 0.500. The van der Waals surface area contributed by atoms with Crippen LogP contribution in [0.15, 0.2) is 36.4 Å². The molecular weight excluding hydrogens is 254 g/mol. The van der Waals surface area contributed by atoms with Crippen LogP contribution >= 0.6 is 0 Å². The molecule has 0 unspecified atom stereocenters. The van der Waals surface area contributed by atoms with E-state index >= 15 is 0 Å². The fourth-order valence-electron chi connectivity index (χ4n) is 2.15. The van der Waals surface area contributed by atoms with Gasteiger partial charge in [-0.05, 0) is 36.6 Å². The van der Waals surface area contributed by atoms with E-state index in [0.29, 0.717) is 23.1 Å². The highest BCUT2D eigenvalue weighted by Gasteiger charge is 2.13. The highest BCUT2D eigenvalue weighted by Crippen LogP contribution is 2.27. The van der Waals surface area contributed by atoms with Crippen LogP contribution in [0.3, 0.4) is 0 Å². The molecule has 2 aromatic carbocycles. The Balaban J connectivity index is 2.41. The zero-order valence-electron chi connectivity index (χ0n) is 11.6. The van der Waals surface area contributed by atoms with Crippen LogP contribution in [0.25, 0.3) is 11.1 Å². The van der Waals surface area contributed by atoms with E-state index in [1.165, 1.54) is 0 Å². The number of hydrogen-bond donors (Lipinski definition) is 0. The van der Waals surface area contributed by atoms with Gasteiger partial charge < -0.3 is 0 Å². The second kappa shape index (κ2) is 6.34. The third-order valence-corrected chi connectivity index (χ3v) is 3.15. The van der Waals surface area contributed by atoms with Gasteiger partial charge in [-0.15, -0.1) is 5.92 Å². The largest absolute Gasteiger partial charge is 0.203 e. The summed E-state index contributed by atoms with van der Waals surface area (Å²) in [6, 6.07) is 10.4. The molecule has 0 spiro atoms. The smallest absolute Gasteiger partial charge is 0.166 e. The maximum atomic E-state index is 14.1. The van der Waals surface area contributed by atoms with Crippen LogP contribution in [-0.4, -0.2) is 0 Å². The van der Waals surface area contributed by atoms with Gasteiger partial charge in [-0.1, -0.05) is 43.5 Å². The van der Waals surface area contributed by atoms with Gasteiger partial charge >= 0.3 is 0 Å². The molecule has 20 heavy (non-hydrogen) atoms. The normalized spacial score (nSPS) is 10.0. The van der Waals surface area contributed by atoms with Crippen molar-refractivity contribution in [2.24, 2.45) is 0 Å². The second-order valence-electron chi connectivity index (χ2n) is 4.60. The number of rotatable bonds is 3. The lowest BCUT2D eigenvalue weighted by atomic mass is 10.00. The van der Waals surface area contributed by atoms with Crippen molar-refractivity contribution in [3.8, 4) is 23.0 Å². The Hall–Kier alpha value is -2.14. The van der Waals surface area contributed by atoms with Gasteiger partial charge in [0.25, 0.3) is 0 Å². The van der Waals surface area contributed by atoms with Gasteiger partial charge in [0.05, 0.1) is 0 Å². The Labute approximate surface area is 118 Å². The average Bonchev–Trinajstić information content (AvgIpc) is 2.46. The minimum Gasteiger partial charge on any atom is -0.203 e. The second-order valence-corrected chi connectivity index (χ2v) is 4.60. The number of aryl methyl sites for hydroxylation is 1. The number of hydrogen-bond acceptors (Lipinski definition) is 0. The average molecular weight is 270 g/mol. The fraction of sp³-hybridized carbons (Fsp3) is 0.222. The van der Waals surface area contributed by atoms with Crippen molar-refractivity contribution in [3.63, 3.8) is 0 Å². The van der Waals surface area contributed by atoms with Gasteiger partial charge in [-0.3, -0.25) is 0 Å². The molecule has 2 rings (SSSR count). The van der Waals surface area contributed by atoms with Crippen LogP contribution in [0.4, 0.5) is 8.78 Å². The van der Waals surface area contributed by atoms with Crippen molar-refractivity contribution in [2.45, 2.75) is 26.7 Å². The topological polar surface area (TPSA) is 0 Å². The van der Waals surface area contributed by atoms with Gasteiger partial charge in [-0.2, -0.15) is 0 Å². The molecule has 0 aromatic heterocycles. The first-order chi connectivity index (χ1) is 9.67. The highest BCUT2D eigenvalue weighted by molar-refractivity contribution is 5.65. The molecule has 102 valence electrons. The van der Waals surface area contributed by atoms with Gasteiger partial charge in [0, 0.05) is 11.1 Å². The van der Waals surface area contributed by atoms with E-state index in [4.69, 9.17) is 0 Å². The van der Waals surface area contributed by atoms with E-state index in [-0.39, 0.29) is 0 Å². The Morgan fingerprint density at radius 1 is 0.950 bits per heavy atom. The van der Waals surface area contributed by atoms with Crippen molar-refractivity contribution >= 4 is 0 Å². The Bertz CT molecular complexity index is 658. The summed E-state index contributed by atoms with van der Waals surface area (Å²) in [5, 5.41) is 0. The van der Waals surface area contributed by atoms with Crippen molar-refractivity contribution in [3.05, 3.63) is 59.2 Å². The molecule has 2 heteroatoms. The predicted molar refractivity (Wildman–Crippen MR) is 78.3 cm³/mol. The molecule has 0 saturated heterocycles. The molecule has 0 nitrogen and oxygen atoms in total. The van der Waals surface area contributed by atoms with Gasteiger partial charge in [0.15, 0.2) is 11.6 Å². The van der Waals surface area contributed by atoms with E-state index in [1.807, 2.05) is 19.1 Å². The molecule has 0 aliphatic rings. The maximum absolute atomic E-state index is 14.1. The Kier molecular flexibility index (Phi) is 4.53. The molecule has 0 aliphatic carbocycles. The van der Waals surface area contributed by atoms with Crippen molar-refractivity contribution < 1.29 is 8.78 Å². The van der Waals surface area contributed by atoms with Crippen molar-refractivity contribution in [1.29, 1.82) is 0 Å². The van der Waals surface area contributed by atoms with Gasteiger partial charge in [0.2, 0.25) is 0 Å². The van der Waals surface area contributed by atoms with E-state index in [1.54, 1.807) is 31.2 Å². The third-order valence-electron chi connectivity index (χ3n) is 3.15. The molecule has 0 heterocycles. The monoisotopic (exact) mass is 270 g/mol. The Morgan fingerprint density at radius 3 is 2.25 bits per heavy atom. The number of halogens is 2. The fourth-order valence-corrected chi connectivity index (χ4v) is 2.15. The molecule has 0 saturated carbocycles. The van der Waals surface area contributed by atoms with Crippen LogP contribution in [0.5, 0.6) is 0 Å². The minimum absolute atomic E-state index is 0.290. The highest BCUT2D eigenvalue weighted by atomic mass is 19.2. The van der Waals surface area contributed by atoms with Gasteiger partial charge in [0.1, 0.15) is 0 Å². The van der Waals surface area contributed by atoms with Crippen LogP contribution in [-0.2, 0) is 6.42 Å². The summed E-state index contributed by atoms with van der Waals surface area (Å²) in [6.45, 7) is 3.70. The molecule has 2 aromatic rings. The van der Waals surface area contributed by atoms with Crippen LogP contribution in [0.1, 0.15) is 31.4 Å². The van der Waals surface area contributed by atoms with Crippen molar-refractivity contribution in [1.82, 2.24) is 0 Å². The quantitative estimate of drug-likeness (QED) is 0.692. The first-order valence-electron chi connectivity index (χ1n) is 6.67. The summed E-state index contributed by atoms with van der Waals surface area (Å²) in [5.41, 5.74) is 2.24. The lowest BCUT2D eigenvalue weighted by Crippen LogP contribution is -1.97. The summed E-state index contributed by atoms with van der Waals surface area (Å²) in [7, 11) is 0. The zero-order chi connectivity index (χ0) is 14.5. The first-order valence-corrected chi connectivity index (χ1v) is 6.67. The van der Waals surface area contributed by atoms with Crippen LogP contribution in [0, 0.1) is 23.5 Å². The Morgan fingerprint density at radius 2 is 1.65 bits per heavy atom. The molecular formula is C18H16F2. The molecule has 0 atom stereocenters. The summed E-state index contributed by atoms with van der Waals surface area (Å²) in [4.78, 5) is 0. The molecule has 0 N–H and O–H groups in total. The van der Waals surface area contributed by atoms with Gasteiger partial charge in [-0.25, -0.2) is 8.78 Å². The van der Waals surface area contributed by atoms with Crippen LogP contribution in [0.2, 0.25) is 0 Å². The molecule has 0 aliphatic heterocycles. The van der Waals surface area contributed by atoms with Crippen molar-refractivity contribution in [2.75, 3.05) is 0 Å². The molecule has 0 amide bonds. The summed E-state index contributed by atoms with van der Waals surface area (Å²) >= 11 is 0. The maximum Gasteiger partial charge on any atom is 0.166 e. The zero-order valence-corrected chi connectivity index (χ0v) is 11.6. The third kappa shape index (κ3) is 2.88. The first kappa shape index (κ1) is 14.3. The molecule has 0 radical (unpaired) electrons. The van der Waals surface area contributed by atoms with E-state index in [2.05, 4.69) is 11.8 Å². The number of benzene rings is 2. The summed E-state index contributed by atoms with van der Waals surface area (Å²) < 4.78 is 28.1. The van der Waals surface area contributed by atoms with E-state index < -0.39 is 11.6 Å². The standard InChI is InChI=1S/C18H16F2/c1-3-5-13-7-9-14(10-8-13)16-12-11-15(6-4-2)17(19)18(16)20/h7-12H,4,6H2,1-2H3. The predicted octanol–water partition coefficient (Wildman–Crippen LogP) is 4.96. The minimum atomic E-state index is -0.773. The molecule has 0 fully saturated rings. The lowest BCUT2D eigenvalue weighted by Gasteiger charge is -2.08. The van der Waals surface area contributed by atoms with E-state index in [0.717, 1.165) is 12.0 Å². The van der Waals surface area contributed by atoms with Crippen LogP contribution < -0.4 is 0 Å². The summed E-state index contributed by atoms with van der Waals surface area (Å²) in [5.74, 6) is 4.21. The SMILES string of the molecule is CC#Cc1ccc(-c2ccc(CCC)c(F)c2F)cc1. The van der Waals surface area contributed by atoms with E-state index in [9.17, 15) is 8.78 Å². The summed E-state index contributed by atoms with van der Waals surface area (Å²) in [6.07, 6.45) is 1.34. The molecule has 0 bridgehead atoms.